The molecule has 0 radical (unpaired) electrons. The fraction of sp³-hybridized carbons (Fsp3) is 0.387. The average Bonchev–Trinajstić information content (AvgIpc) is 3.51. The molecule has 7 nitrogen and oxygen atoms in total. The number of carbonyl (C=O) groups is 1. The van der Waals surface area contributed by atoms with Crippen LogP contribution in [0.2, 0.25) is 0 Å². The van der Waals surface area contributed by atoms with Crippen LogP contribution in [0, 0.1) is 19.7 Å². The molecule has 210 valence electrons. The molecular formula is C31H35FN4O3S. The summed E-state index contributed by atoms with van der Waals surface area (Å²) in [5.41, 5.74) is 3.65. The molecule has 5 rings (SSSR count). The molecule has 0 bridgehead atoms. The normalized spacial score (nSPS) is 13.9. The lowest BCUT2D eigenvalue weighted by atomic mass is 9.95. The number of benzene rings is 2. The predicted molar refractivity (Wildman–Crippen MR) is 155 cm³/mol. The molecule has 0 saturated heterocycles. The predicted octanol–water partition coefficient (Wildman–Crippen LogP) is 6.91. The van der Waals surface area contributed by atoms with E-state index in [9.17, 15) is 9.18 Å². The van der Waals surface area contributed by atoms with Crippen molar-refractivity contribution >= 4 is 17.5 Å². The average molecular weight is 563 g/mol. The number of carbonyl (C=O) groups excluding carboxylic acids is 1. The summed E-state index contributed by atoms with van der Waals surface area (Å²) in [5, 5.41) is 9.89. The Balaban J connectivity index is 1.39. The molecular weight excluding hydrogens is 527 g/mol. The summed E-state index contributed by atoms with van der Waals surface area (Å²) in [4.78, 5) is 13.4. The minimum atomic E-state index is -0.319. The van der Waals surface area contributed by atoms with Gasteiger partial charge < -0.3 is 18.6 Å². The van der Waals surface area contributed by atoms with Crippen molar-refractivity contribution in [2.24, 2.45) is 0 Å². The zero-order valence-electron chi connectivity index (χ0n) is 23.4. The van der Waals surface area contributed by atoms with E-state index in [0.717, 1.165) is 40.8 Å². The van der Waals surface area contributed by atoms with Crippen molar-refractivity contribution in [3.05, 3.63) is 82.7 Å². The number of nitrogens with zero attached hydrogens (tertiary/aromatic N) is 4. The van der Waals surface area contributed by atoms with Crippen LogP contribution >= 0.6 is 11.8 Å². The standard InChI is InChI=1S/C31H35FN4O3S/c1-20-16-24(21(2)35(20)26-13-9-8-12-25(26)32)27(37)19-40-31-34-33-30(36(31)23-10-6-5-7-11-23)18-22-14-15-28(38-3)29(17-22)39-4/h8-9,12-17,23H,5-7,10-11,18-19H2,1-4H3. The molecule has 2 heterocycles. The highest BCUT2D eigenvalue weighted by Crippen LogP contribution is 2.35. The maximum atomic E-state index is 14.5. The Morgan fingerprint density at radius 2 is 1.75 bits per heavy atom. The largest absolute Gasteiger partial charge is 0.493 e. The van der Waals surface area contributed by atoms with Gasteiger partial charge in [-0.25, -0.2) is 4.39 Å². The van der Waals surface area contributed by atoms with E-state index in [0.29, 0.717) is 35.2 Å². The van der Waals surface area contributed by atoms with Crippen LogP contribution in [0.3, 0.4) is 0 Å². The summed E-state index contributed by atoms with van der Waals surface area (Å²) in [6, 6.07) is 14.7. The van der Waals surface area contributed by atoms with Gasteiger partial charge in [-0.05, 0) is 62.6 Å². The van der Waals surface area contributed by atoms with Crippen molar-refractivity contribution in [3.63, 3.8) is 0 Å². The van der Waals surface area contributed by atoms with Gasteiger partial charge >= 0.3 is 0 Å². The second-order valence-electron chi connectivity index (χ2n) is 10.2. The van der Waals surface area contributed by atoms with Crippen LogP contribution in [-0.2, 0) is 6.42 Å². The third kappa shape index (κ3) is 5.66. The number of rotatable bonds is 10. The van der Waals surface area contributed by atoms with Gasteiger partial charge in [0.15, 0.2) is 22.4 Å². The summed E-state index contributed by atoms with van der Waals surface area (Å²) in [6.45, 7) is 3.76. The third-order valence-electron chi connectivity index (χ3n) is 7.64. The van der Waals surface area contributed by atoms with Gasteiger partial charge in [-0.1, -0.05) is 49.2 Å². The second kappa shape index (κ2) is 12.3. The molecule has 40 heavy (non-hydrogen) atoms. The first-order chi connectivity index (χ1) is 19.4. The first-order valence-electron chi connectivity index (χ1n) is 13.7. The van der Waals surface area contributed by atoms with E-state index >= 15 is 0 Å². The highest BCUT2D eigenvalue weighted by Gasteiger charge is 2.25. The summed E-state index contributed by atoms with van der Waals surface area (Å²) >= 11 is 1.42. The Kier molecular flexibility index (Phi) is 8.59. The van der Waals surface area contributed by atoms with Gasteiger partial charge in [-0.2, -0.15) is 0 Å². The number of methoxy groups -OCH3 is 2. The molecule has 0 spiro atoms. The number of Topliss-reactive ketones (excluding diaryl/α,β-unsaturated/α-hetero) is 1. The molecule has 1 aliphatic rings. The van der Waals surface area contributed by atoms with E-state index in [1.54, 1.807) is 37.0 Å². The van der Waals surface area contributed by atoms with Crippen LogP contribution in [0.25, 0.3) is 5.69 Å². The fourth-order valence-corrected chi connectivity index (χ4v) is 6.57. The van der Waals surface area contributed by atoms with Crippen LogP contribution in [0.5, 0.6) is 11.5 Å². The number of halogens is 1. The molecule has 1 aliphatic carbocycles. The van der Waals surface area contributed by atoms with Crippen molar-refractivity contribution in [1.82, 2.24) is 19.3 Å². The van der Waals surface area contributed by atoms with Crippen LogP contribution in [-0.4, -0.2) is 45.1 Å². The number of hydrogen-bond acceptors (Lipinski definition) is 6. The summed E-state index contributed by atoms with van der Waals surface area (Å²) < 4.78 is 29.5. The van der Waals surface area contributed by atoms with E-state index in [-0.39, 0.29) is 17.4 Å². The summed E-state index contributed by atoms with van der Waals surface area (Å²) in [6.07, 6.45) is 6.32. The van der Waals surface area contributed by atoms with Gasteiger partial charge in [0.2, 0.25) is 0 Å². The lowest BCUT2D eigenvalue weighted by Gasteiger charge is -2.25. The van der Waals surface area contributed by atoms with Gasteiger partial charge in [0.1, 0.15) is 11.6 Å². The monoisotopic (exact) mass is 562 g/mol. The zero-order chi connectivity index (χ0) is 28.2. The van der Waals surface area contributed by atoms with Gasteiger partial charge in [-0.3, -0.25) is 4.79 Å². The number of para-hydroxylation sites is 1. The van der Waals surface area contributed by atoms with Crippen LogP contribution in [0.4, 0.5) is 4.39 Å². The minimum Gasteiger partial charge on any atom is -0.493 e. The Morgan fingerprint density at radius 3 is 2.48 bits per heavy atom. The SMILES string of the molecule is COc1ccc(Cc2nnc(SCC(=O)c3cc(C)n(-c4ccccc4F)c3C)n2C2CCCCC2)cc1OC. The minimum absolute atomic E-state index is 0.0136. The Hall–Kier alpha value is -3.59. The number of ether oxygens (including phenoxy) is 2. The van der Waals surface area contributed by atoms with Crippen molar-refractivity contribution in [2.45, 2.75) is 63.6 Å². The number of ketones is 1. The highest BCUT2D eigenvalue weighted by atomic mass is 32.2. The maximum absolute atomic E-state index is 14.5. The molecule has 9 heteroatoms. The Labute approximate surface area is 238 Å². The van der Waals surface area contributed by atoms with Crippen LogP contribution < -0.4 is 9.47 Å². The van der Waals surface area contributed by atoms with Crippen molar-refractivity contribution in [2.75, 3.05) is 20.0 Å². The van der Waals surface area contributed by atoms with E-state index in [1.807, 2.05) is 38.1 Å². The lowest BCUT2D eigenvalue weighted by molar-refractivity contribution is 0.102. The fourth-order valence-electron chi connectivity index (χ4n) is 5.66. The molecule has 0 unspecified atom stereocenters. The van der Waals surface area contributed by atoms with Gasteiger partial charge in [0.25, 0.3) is 0 Å². The van der Waals surface area contributed by atoms with E-state index < -0.39 is 0 Å². The smallest absolute Gasteiger partial charge is 0.191 e. The van der Waals surface area contributed by atoms with Crippen LogP contribution in [0.15, 0.2) is 53.7 Å². The molecule has 2 aromatic carbocycles. The van der Waals surface area contributed by atoms with Gasteiger partial charge in [-0.15, -0.1) is 10.2 Å². The highest BCUT2D eigenvalue weighted by molar-refractivity contribution is 7.99. The van der Waals surface area contributed by atoms with E-state index in [2.05, 4.69) is 14.8 Å². The summed E-state index contributed by atoms with van der Waals surface area (Å²) in [7, 11) is 3.26. The molecule has 4 aromatic rings. The first-order valence-corrected chi connectivity index (χ1v) is 14.6. The maximum Gasteiger partial charge on any atom is 0.191 e. The molecule has 1 fully saturated rings. The van der Waals surface area contributed by atoms with Crippen LogP contribution in [0.1, 0.15) is 71.3 Å². The third-order valence-corrected chi connectivity index (χ3v) is 8.59. The molecule has 0 aliphatic heterocycles. The van der Waals surface area contributed by atoms with E-state index in [1.165, 1.54) is 37.1 Å². The molecule has 2 aromatic heterocycles. The molecule has 1 saturated carbocycles. The van der Waals surface area contributed by atoms with Crippen molar-refractivity contribution in [3.8, 4) is 17.2 Å². The molecule has 0 atom stereocenters. The number of aromatic nitrogens is 4. The van der Waals surface area contributed by atoms with Gasteiger partial charge in [0.05, 0.1) is 25.7 Å². The number of thioether (sulfide) groups is 1. The zero-order valence-corrected chi connectivity index (χ0v) is 24.3. The number of aryl methyl sites for hydroxylation is 1. The first kappa shape index (κ1) is 28.0. The summed E-state index contributed by atoms with van der Waals surface area (Å²) in [5.74, 6) is 2.14. The lowest BCUT2D eigenvalue weighted by Crippen LogP contribution is -2.17. The second-order valence-corrected chi connectivity index (χ2v) is 11.2. The van der Waals surface area contributed by atoms with E-state index in [4.69, 9.17) is 9.47 Å². The van der Waals surface area contributed by atoms with Gasteiger partial charge in [0, 0.05) is 29.4 Å². The molecule has 0 amide bonds. The Bertz CT molecular complexity index is 1510. The Morgan fingerprint density at radius 1 is 1.00 bits per heavy atom. The quantitative estimate of drug-likeness (QED) is 0.154. The van der Waals surface area contributed by atoms with Crippen molar-refractivity contribution < 1.29 is 18.7 Å². The number of hydrogen-bond donors (Lipinski definition) is 0. The topological polar surface area (TPSA) is 71.2 Å². The molecule has 0 N–H and O–H groups in total. The van der Waals surface area contributed by atoms with Crippen molar-refractivity contribution in [1.29, 1.82) is 0 Å².